The largest absolute Gasteiger partial charge is 0.459 e. The van der Waals surface area contributed by atoms with Gasteiger partial charge in [0.2, 0.25) is 0 Å². The van der Waals surface area contributed by atoms with Crippen LogP contribution in [0.2, 0.25) is 0 Å². The van der Waals surface area contributed by atoms with Crippen LogP contribution < -0.4 is 0 Å². The van der Waals surface area contributed by atoms with Gasteiger partial charge in [0.1, 0.15) is 5.03 Å². The van der Waals surface area contributed by atoms with Crippen molar-refractivity contribution in [2.45, 2.75) is 52.1 Å². The average Bonchev–Trinajstić information content (AvgIpc) is 2.18. The van der Waals surface area contributed by atoms with Crippen molar-refractivity contribution in [1.29, 1.82) is 0 Å². The fourth-order valence-corrected chi connectivity index (χ4v) is 2.07. The maximum atomic E-state index is 11.4. The molecule has 3 heteroatoms. The van der Waals surface area contributed by atoms with E-state index in [1.54, 1.807) is 0 Å². The van der Waals surface area contributed by atoms with E-state index in [4.69, 9.17) is 16.3 Å². The Balaban J connectivity index is 2.46. The van der Waals surface area contributed by atoms with Gasteiger partial charge in [0.25, 0.3) is 0 Å². The van der Waals surface area contributed by atoms with Crippen LogP contribution in [-0.4, -0.2) is 12.1 Å². The van der Waals surface area contributed by atoms with Crippen LogP contribution in [0.5, 0.6) is 0 Å². The Morgan fingerprint density at radius 1 is 1.33 bits per heavy atom. The first-order valence-corrected chi connectivity index (χ1v) is 6.05. The first-order valence-electron chi connectivity index (χ1n) is 5.68. The summed E-state index contributed by atoms with van der Waals surface area (Å²) in [6.45, 7) is 3.64. The van der Waals surface area contributed by atoms with Crippen molar-refractivity contribution in [2.24, 2.45) is 5.92 Å². The Kier molecular flexibility index (Phi) is 5.16. The smallest absolute Gasteiger partial charge is 0.349 e. The van der Waals surface area contributed by atoms with E-state index in [2.05, 4.69) is 0 Å². The second-order valence-corrected chi connectivity index (χ2v) is 4.77. The molecule has 2 nitrogen and oxygen atoms in total. The topological polar surface area (TPSA) is 26.3 Å². The molecule has 0 atom stereocenters. The van der Waals surface area contributed by atoms with E-state index in [0.717, 1.165) is 12.8 Å². The number of carbonyl (C=O) groups is 1. The highest BCUT2D eigenvalue weighted by Crippen LogP contribution is 2.26. The Hall–Kier alpha value is -0.500. The van der Waals surface area contributed by atoms with Gasteiger partial charge in [-0.1, -0.05) is 36.9 Å². The van der Waals surface area contributed by atoms with Crippen molar-refractivity contribution in [3.05, 3.63) is 11.1 Å². The van der Waals surface area contributed by atoms with Gasteiger partial charge in [-0.15, -0.1) is 0 Å². The molecule has 0 saturated heterocycles. The summed E-state index contributed by atoms with van der Waals surface area (Å²) in [6, 6.07) is 0. The van der Waals surface area contributed by atoms with Gasteiger partial charge in [0.15, 0.2) is 0 Å². The number of hydrogen-bond acceptors (Lipinski definition) is 2. The molecule has 86 valence electrons. The van der Waals surface area contributed by atoms with E-state index in [0.29, 0.717) is 5.92 Å². The van der Waals surface area contributed by atoms with E-state index >= 15 is 0 Å². The molecule has 1 rings (SSSR count). The van der Waals surface area contributed by atoms with Gasteiger partial charge in [0, 0.05) is 0 Å². The molecule has 1 aliphatic rings. The molecule has 15 heavy (non-hydrogen) atoms. The standard InChI is InChI=1S/C12H19ClO2/c1-9(2)15-12(14)11(13)8-10-6-4-3-5-7-10/h8-10H,3-7H2,1-2H3/b11-8-. The Bertz CT molecular complexity index is 240. The number of ether oxygens (including phenoxy) is 1. The van der Waals surface area contributed by atoms with Crippen molar-refractivity contribution in [1.82, 2.24) is 0 Å². The predicted molar refractivity (Wildman–Crippen MR) is 61.7 cm³/mol. The molecule has 1 saturated carbocycles. The van der Waals surface area contributed by atoms with E-state index in [1.165, 1.54) is 19.3 Å². The summed E-state index contributed by atoms with van der Waals surface area (Å²) in [6.07, 6.45) is 7.83. The fourth-order valence-electron chi connectivity index (χ4n) is 1.85. The van der Waals surface area contributed by atoms with E-state index in [-0.39, 0.29) is 11.1 Å². The molecule has 0 unspecified atom stereocenters. The van der Waals surface area contributed by atoms with Crippen molar-refractivity contribution in [2.75, 3.05) is 0 Å². The van der Waals surface area contributed by atoms with Crippen LogP contribution in [0.25, 0.3) is 0 Å². The van der Waals surface area contributed by atoms with Gasteiger partial charge in [-0.05, 0) is 32.6 Å². The van der Waals surface area contributed by atoms with Crippen LogP contribution in [0.3, 0.4) is 0 Å². The lowest BCUT2D eigenvalue weighted by Crippen LogP contribution is -2.12. The van der Waals surface area contributed by atoms with Crippen molar-refractivity contribution < 1.29 is 9.53 Å². The number of hydrogen-bond donors (Lipinski definition) is 0. The Morgan fingerprint density at radius 3 is 2.47 bits per heavy atom. The summed E-state index contributed by atoms with van der Waals surface area (Å²) < 4.78 is 5.01. The van der Waals surface area contributed by atoms with Crippen molar-refractivity contribution >= 4 is 17.6 Å². The lowest BCUT2D eigenvalue weighted by Gasteiger charge is -2.18. The third kappa shape index (κ3) is 4.70. The quantitative estimate of drug-likeness (QED) is 0.547. The van der Waals surface area contributed by atoms with Crippen molar-refractivity contribution in [3.8, 4) is 0 Å². The summed E-state index contributed by atoms with van der Waals surface area (Å²) in [4.78, 5) is 11.4. The molecular weight excluding hydrogens is 212 g/mol. The minimum Gasteiger partial charge on any atom is -0.459 e. The zero-order valence-corrected chi connectivity index (χ0v) is 10.2. The highest BCUT2D eigenvalue weighted by Gasteiger charge is 2.15. The summed E-state index contributed by atoms with van der Waals surface area (Å²) in [5, 5.41) is 0.246. The Labute approximate surface area is 96.6 Å². The summed E-state index contributed by atoms with van der Waals surface area (Å²) in [5.41, 5.74) is 0. The molecule has 0 heterocycles. The third-order valence-corrected chi connectivity index (χ3v) is 2.85. The normalized spacial score (nSPS) is 19.3. The first-order chi connectivity index (χ1) is 7.09. The maximum absolute atomic E-state index is 11.4. The minimum absolute atomic E-state index is 0.106. The van der Waals surface area contributed by atoms with E-state index in [1.807, 2.05) is 19.9 Å². The molecule has 0 aromatic heterocycles. The SMILES string of the molecule is CC(C)OC(=O)/C(Cl)=C/C1CCCCC1. The van der Waals surface area contributed by atoms with Gasteiger partial charge < -0.3 is 4.74 Å². The van der Waals surface area contributed by atoms with Gasteiger partial charge in [-0.25, -0.2) is 4.79 Å². The number of rotatable bonds is 3. The number of halogens is 1. The number of allylic oxidation sites excluding steroid dienone is 1. The zero-order chi connectivity index (χ0) is 11.3. The molecule has 0 aromatic carbocycles. The van der Waals surface area contributed by atoms with Gasteiger partial charge in [-0.3, -0.25) is 0 Å². The van der Waals surface area contributed by atoms with Crippen LogP contribution in [0.4, 0.5) is 0 Å². The highest BCUT2D eigenvalue weighted by atomic mass is 35.5. The van der Waals surface area contributed by atoms with Gasteiger partial charge in [0.05, 0.1) is 6.10 Å². The highest BCUT2D eigenvalue weighted by molar-refractivity contribution is 6.41. The molecule has 1 aliphatic carbocycles. The minimum atomic E-state index is -0.391. The van der Waals surface area contributed by atoms with Gasteiger partial charge >= 0.3 is 5.97 Å². The predicted octanol–water partition coefficient (Wildman–Crippen LogP) is 3.64. The van der Waals surface area contributed by atoms with E-state index < -0.39 is 5.97 Å². The molecule has 0 aromatic rings. The molecule has 0 amide bonds. The average molecular weight is 231 g/mol. The zero-order valence-electron chi connectivity index (χ0n) is 9.46. The molecule has 0 bridgehead atoms. The fraction of sp³-hybridized carbons (Fsp3) is 0.750. The van der Waals surface area contributed by atoms with Crippen molar-refractivity contribution in [3.63, 3.8) is 0 Å². The lowest BCUT2D eigenvalue weighted by atomic mass is 9.89. The third-order valence-electron chi connectivity index (χ3n) is 2.57. The van der Waals surface area contributed by atoms with Gasteiger partial charge in [-0.2, -0.15) is 0 Å². The molecular formula is C12H19ClO2. The van der Waals surface area contributed by atoms with Crippen LogP contribution in [-0.2, 0) is 9.53 Å². The number of esters is 1. The monoisotopic (exact) mass is 230 g/mol. The molecule has 1 fully saturated rings. The first kappa shape index (κ1) is 12.6. The van der Waals surface area contributed by atoms with Crippen LogP contribution >= 0.6 is 11.6 Å². The van der Waals surface area contributed by atoms with Crippen LogP contribution in [0.1, 0.15) is 46.0 Å². The molecule has 0 spiro atoms. The summed E-state index contributed by atoms with van der Waals surface area (Å²) in [5.74, 6) is 0.0724. The van der Waals surface area contributed by atoms with Crippen LogP contribution in [0, 0.1) is 5.92 Å². The number of carbonyl (C=O) groups excluding carboxylic acids is 1. The lowest BCUT2D eigenvalue weighted by molar-refractivity contribution is -0.141. The second kappa shape index (κ2) is 6.16. The van der Waals surface area contributed by atoms with Crippen LogP contribution in [0.15, 0.2) is 11.1 Å². The molecule has 0 radical (unpaired) electrons. The molecule has 0 aliphatic heterocycles. The molecule has 0 N–H and O–H groups in total. The Morgan fingerprint density at radius 2 is 1.93 bits per heavy atom. The maximum Gasteiger partial charge on any atom is 0.349 e. The van der Waals surface area contributed by atoms with E-state index in [9.17, 15) is 4.79 Å². The second-order valence-electron chi connectivity index (χ2n) is 4.37. The summed E-state index contributed by atoms with van der Waals surface area (Å²) in [7, 11) is 0. The summed E-state index contributed by atoms with van der Waals surface area (Å²) >= 11 is 5.90.